The predicted molar refractivity (Wildman–Crippen MR) is 129 cm³/mol. The predicted octanol–water partition coefficient (Wildman–Crippen LogP) is 5.07. The number of nitrogens with zero attached hydrogens (tertiary/aromatic N) is 1. The van der Waals surface area contributed by atoms with Crippen LogP contribution >= 0.6 is 0 Å². The average molecular weight is 594 g/mol. The normalized spacial score (nSPS) is 12.8. The molecule has 0 aliphatic rings. The van der Waals surface area contributed by atoms with E-state index in [1.165, 1.54) is 24.3 Å². The number of anilines is 1. The lowest BCUT2D eigenvalue weighted by atomic mass is 10.1. The van der Waals surface area contributed by atoms with Gasteiger partial charge in [0, 0.05) is 5.69 Å². The van der Waals surface area contributed by atoms with Crippen molar-refractivity contribution in [2.24, 2.45) is 0 Å². The summed E-state index contributed by atoms with van der Waals surface area (Å²) in [6.07, 6.45) is -15.0. The first kappa shape index (κ1) is 31.1. The quantitative estimate of drug-likeness (QED) is 0.272. The van der Waals surface area contributed by atoms with Crippen LogP contribution in [0.1, 0.15) is 37.4 Å². The number of nitrogens with one attached hydrogen (secondary N) is 1. The largest absolute Gasteiger partial charge is 0.478 e. The minimum atomic E-state index is -4.88. The molecule has 0 aliphatic carbocycles. The number of halogens is 6. The van der Waals surface area contributed by atoms with Gasteiger partial charge in [-0.3, -0.25) is 4.79 Å². The number of carboxylic acid groups (broad SMARTS) is 1. The third-order valence-electron chi connectivity index (χ3n) is 5.38. The highest BCUT2D eigenvalue weighted by molar-refractivity contribution is 6.01. The summed E-state index contributed by atoms with van der Waals surface area (Å²) in [5.74, 6) is -6.81. The van der Waals surface area contributed by atoms with Crippen LogP contribution in [0.3, 0.4) is 0 Å². The zero-order chi connectivity index (χ0) is 31.2. The molecule has 3 rings (SSSR count). The zero-order valence-electron chi connectivity index (χ0n) is 20.7. The first-order chi connectivity index (χ1) is 19.6. The third kappa shape index (κ3) is 7.84. The SMILES string of the molecule is N#Cc1ccc(NC(=O)[C@H](OC(=O)c2cccc(C(F)(F)F)c2)[C@H](OC(=O)c2cccc(C(F)(F)F)c2)C(=O)O)cc1. The number of hydrogen-bond donors (Lipinski definition) is 2. The molecule has 0 aromatic heterocycles. The van der Waals surface area contributed by atoms with Crippen LogP contribution < -0.4 is 5.32 Å². The standard InChI is InChI=1S/C27H16F6N2O7/c28-26(29,30)17-5-1-3-15(11-17)24(39)41-20(22(36)35-19-9-7-14(13-34)8-10-19)21(23(37)38)42-25(40)16-4-2-6-18(12-16)27(31,32)33/h1-12,20-21H,(H,35,36)(H,37,38)/t20-,21+/m1/s1. The monoisotopic (exact) mass is 594 g/mol. The molecule has 0 saturated carbocycles. The minimum absolute atomic E-state index is 0.0625. The van der Waals surface area contributed by atoms with Crippen LogP contribution in [0.5, 0.6) is 0 Å². The molecule has 218 valence electrons. The molecule has 2 atom stereocenters. The Morgan fingerprint density at radius 1 is 0.738 bits per heavy atom. The molecular weight excluding hydrogens is 578 g/mol. The number of nitriles is 1. The summed E-state index contributed by atoms with van der Waals surface area (Å²) in [6.45, 7) is 0. The van der Waals surface area contributed by atoms with Crippen molar-refractivity contribution < 1.29 is 60.1 Å². The Balaban J connectivity index is 1.97. The molecule has 0 radical (unpaired) electrons. The van der Waals surface area contributed by atoms with Crippen molar-refractivity contribution in [1.29, 1.82) is 5.26 Å². The highest BCUT2D eigenvalue weighted by Gasteiger charge is 2.42. The molecule has 0 fully saturated rings. The molecule has 3 aromatic rings. The fraction of sp³-hybridized carbons (Fsp3) is 0.148. The maximum atomic E-state index is 13.1. The van der Waals surface area contributed by atoms with Crippen LogP contribution in [-0.2, 0) is 31.4 Å². The van der Waals surface area contributed by atoms with E-state index in [1.807, 2.05) is 0 Å². The molecule has 3 aromatic carbocycles. The molecule has 2 N–H and O–H groups in total. The fourth-order valence-corrected chi connectivity index (χ4v) is 3.35. The Morgan fingerprint density at radius 2 is 1.19 bits per heavy atom. The van der Waals surface area contributed by atoms with Crippen molar-refractivity contribution in [3.8, 4) is 6.07 Å². The summed E-state index contributed by atoms with van der Waals surface area (Å²) < 4.78 is 88.3. The summed E-state index contributed by atoms with van der Waals surface area (Å²) in [4.78, 5) is 50.5. The average Bonchev–Trinajstić information content (AvgIpc) is 2.94. The van der Waals surface area contributed by atoms with Gasteiger partial charge >= 0.3 is 30.3 Å². The van der Waals surface area contributed by atoms with Gasteiger partial charge in [-0.05, 0) is 60.7 Å². The molecule has 42 heavy (non-hydrogen) atoms. The first-order valence-electron chi connectivity index (χ1n) is 11.4. The molecule has 15 heteroatoms. The molecule has 0 unspecified atom stereocenters. The van der Waals surface area contributed by atoms with E-state index in [0.717, 1.165) is 24.3 Å². The van der Waals surface area contributed by atoms with E-state index in [2.05, 4.69) is 5.32 Å². The molecule has 0 aliphatic heterocycles. The number of rotatable bonds is 8. The fourth-order valence-electron chi connectivity index (χ4n) is 3.35. The number of esters is 2. The van der Waals surface area contributed by atoms with Gasteiger partial charge in [0.2, 0.25) is 12.2 Å². The van der Waals surface area contributed by atoms with Gasteiger partial charge in [-0.2, -0.15) is 31.6 Å². The highest BCUT2D eigenvalue weighted by atomic mass is 19.4. The molecule has 1 amide bonds. The van der Waals surface area contributed by atoms with Crippen LogP contribution in [0.25, 0.3) is 0 Å². The molecule has 0 saturated heterocycles. The molecule has 0 spiro atoms. The number of aliphatic carboxylic acids is 1. The number of benzene rings is 3. The van der Waals surface area contributed by atoms with E-state index < -0.39 is 70.6 Å². The summed E-state index contributed by atoms with van der Waals surface area (Å²) in [6, 6.07) is 12.1. The second-order valence-electron chi connectivity index (χ2n) is 8.33. The van der Waals surface area contributed by atoms with Gasteiger partial charge in [0.15, 0.2) is 0 Å². The summed E-state index contributed by atoms with van der Waals surface area (Å²) in [7, 11) is 0. The number of hydrogen-bond acceptors (Lipinski definition) is 7. The van der Waals surface area contributed by atoms with E-state index in [4.69, 9.17) is 14.7 Å². The number of carbonyl (C=O) groups is 4. The number of carbonyl (C=O) groups excluding carboxylic acids is 3. The molecular formula is C27H16F6N2O7. The first-order valence-corrected chi connectivity index (χ1v) is 11.4. The van der Waals surface area contributed by atoms with Crippen molar-refractivity contribution in [2.75, 3.05) is 5.32 Å². The van der Waals surface area contributed by atoms with E-state index in [0.29, 0.717) is 24.3 Å². The van der Waals surface area contributed by atoms with Crippen molar-refractivity contribution in [1.82, 2.24) is 0 Å². The highest BCUT2D eigenvalue weighted by Crippen LogP contribution is 2.31. The Bertz CT molecular complexity index is 1550. The van der Waals surface area contributed by atoms with Gasteiger partial charge in [-0.15, -0.1) is 0 Å². The topological polar surface area (TPSA) is 143 Å². The molecule has 9 nitrogen and oxygen atoms in total. The maximum Gasteiger partial charge on any atom is 0.416 e. The van der Waals surface area contributed by atoms with Crippen LogP contribution in [-0.4, -0.2) is 41.1 Å². The van der Waals surface area contributed by atoms with Gasteiger partial charge in [-0.1, -0.05) is 12.1 Å². The van der Waals surface area contributed by atoms with Crippen molar-refractivity contribution >= 4 is 29.5 Å². The second-order valence-corrected chi connectivity index (χ2v) is 8.33. The lowest BCUT2D eigenvalue weighted by Gasteiger charge is -2.24. The maximum absolute atomic E-state index is 13.1. The van der Waals surface area contributed by atoms with E-state index in [9.17, 15) is 50.6 Å². The van der Waals surface area contributed by atoms with Crippen molar-refractivity contribution in [2.45, 2.75) is 24.6 Å². The molecule has 0 bridgehead atoms. The third-order valence-corrected chi connectivity index (χ3v) is 5.38. The van der Waals surface area contributed by atoms with Gasteiger partial charge in [0.1, 0.15) is 0 Å². The van der Waals surface area contributed by atoms with Crippen molar-refractivity contribution in [3.63, 3.8) is 0 Å². The number of amides is 1. The van der Waals surface area contributed by atoms with Gasteiger partial charge < -0.3 is 19.9 Å². The molecule has 0 heterocycles. The Kier molecular flexibility index (Phi) is 9.21. The van der Waals surface area contributed by atoms with E-state index in [-0.39, 0.29) is 11.3 Å². The van der Waals surface area contributed by atoms with Crippen LogP contribution in [0.2, 0.25) is 0 Å². The number of carboxylic acids is 1. The lowest BCUT2D eigenvalue weighted by molar-refractivity contribution is -0.157. The Labute approximate surface area is 231 Å². The van der Waals surface area contributed by atoms with Crippen molar-refractivity contribution in [3.05, 3.63) is 101 Å². The number of alkyl halides is 6. The van der Waals surface area contributed by atoms with Gasteiger partial charge in [-0.25, -0.2) is 14.4 Å². The summed E-state index contributed by atoms with van der Waals surface area (Å²) in [5.41, 5.74) is -3.98. The Hall–Kier alpha value is -5.39. The zero-order valence-corrected chi connectivity index (χ0v) is 20.7. The van der Waals surface area contributed by atoms with Gasteiger partial charge in [0.25, 0.3) is 5.91 Å². The summed E-state index contributed by atoms with van der Waals surface area (Å²) >= 11 is 0. The van der Waals surface area contributed by atoms with Gasteiger partial charge in [0.05, 0.1) is 33.9 Å². The van der Waals surface area contributed by atoms with Crippen LogP contribution in [0, 0.1) is 11.3 Å². The number of ether oxygens (including phenoxy) is 2. The van der Waals surface area contributed by atoms with Crippen LogP contribution in [0.15, 0.2) is 72.8 Å². The lowest BCUT2D eigenvalue weighted by Crippen LogP contribution is -2.48. The minimum Gasteiger partial charge on any atom is -0.478 e. The van der Waals surface area contributed by atoms with Crippen LogP contribution in [0.4, 0.5) is 32.0 Å². The Morgan fingerprint density at radius 3 is 1.60 bits per heavy atom. The van der Waals surface area contributed by atoms with E-state index in [1.54, 1.807) is 6.07 Å². The smallest absolute Gasteiger partial charge is 0.416 e. The second kappa shape index (κ2) is 12.4. The van der Waals surface area contributed by atoms with E-state index >= 15 is 0 Å². The summed E-state index contributed by atoms with van der Waals surface area (Å²) in [5, 5.41) is 20.8.